The van der Waals surface area contributed by atoms with Crippen LogP contribution in [0.2, 0.25) is 0 Å². The zero-order valence-electron chi connectivity index (χ0n) is 6.66. The molecule has 1 aromatic rings. The van der Waals surface area contributed by atoms with E-state index in [9.17, 15) is 0 Å². The van der Waals surface area contributed by atoms with E-state index in [1.807, 2.05) is 17.0 Å². The lowest BCUT2D eigenvalue weighted by Crippen LogP contribution is -2.33. The van der Waals surface area contributed by atoms with E-state index in [0.717, 1.165) is 13.0 Å². The molecule has 0 amide bonds. The average Bonchev–Trinajstić information content (AvgIpc) is 2.47. The van der Waals surface area contributed by atoms with Crippen molar-refractivity contribution in [2.75, 3.05) is 11.4 Å². The Kier molecular flexibility index (Phi) is 1.73. The van der Waals surface area contributed by atoms with Crippen molar-refractivity contribution in [2.45, 2.75) is 6.42 Å². The second-order valence-electron chi connectivity index (χ2n) is 2.87. The van der Waals surface area contributed by atoms with Gasteiger partial charge in [0, 0.05) is 12.2 Å². The second-order valence-corrected chi connectivity index (χ2v) is 3.29. The van der Waals surface area contributed by atoms with Crippen LogP contribution in [-0.2, 0) is 6.42 Å². The van der Waals surface area contributed by atoms with E-state index in [1.54, 1.807) is 0 Å². The van der Waals surface area contributed by atoms with Gasteiger partial charge in [-0.05, 0) is 30.3 Å². The van der Waals surface area contributed by atoms with Gasteiger partial charge in [-0.1, -0.05) is 18.2 Å². The van der Waals surface area contributed by atoms with Crippen molar-refractivity contribution < 1.29 is 0 Å². The topological polar surface area (TPSA) is 29.3 Å². The number of thiocarbonyl (C=S) groups is 1. The molecule has 0 aromatic heterocycles. The molecule has 0 unspecified atom stereocenters. The number of hydrogen-bond acceptors (Lipinski definition) is 1. The Morgan fingerprint density at radius 1 is 1.42 bits per heavy atom. The highest BCUT2D eigenvalue weighted by atomic mass is 32.1. The van der Waals surface area contributed by atoms with E-state index in [4.69, 9.17) is 18.0 Å². The van der Waals surface area contributed by atoms with Crippen LogP contribution >= 0.6 is 12.2 Å². The second kappa shape index (κ2) is 2.75. The molecule has 12 heavy (non-hydrogen) atoms. The predicted octanol–water partition coefficient (Wildman–Crippen LogP) is 1.29. The number of para-hydroxylation sites is 1. The molecule has 2 nitrogen and oxygen atoms in total. The van der Waals surface area contributed by atoms with E-state index in [0.29, 0.717) is 5.11 Å². The Morgan fingerprint density at radius 2 is 2.17 bits per heavy atom. The molecule has 0 saturated heterocycles. The number of fused-ring (bicyclic) bond motifs is 1. The summed E-state index contributed by atoms with van der Waals surface area (Å²) in [4.78, 5) is 1.98. The van der Waals surface area contributed by atoms with Gasteiger partial charge < -0.3 is 10.6 Å². The Bertz CT molecular complexity index is 322. The molecule has 3 heteroatoms. The molecule has 1 aromatic carbocycles. The van der Waals surface area contributed by atoms with Gasteiger partial charge in [-0.2, -0.15) is 0 Å². The van der Waals surface area contributed by atoms with Crippen molar-refractivity contribution in [2.24, 2.45) is 5.73 Å². The molecule has 1 heterocycles. The van der Waals surface area contributed by atoms with Gasteiger partial charge >= 0.3 is 0 Å². The van der Waals surface area contributed by atoms with Gasteiger partial charge in [-0.3, -0.25) is 0 Å². The fraction of sp³-hybridized carbons (Fsp3) is 0.222. The van der Waals surface area contributed by atoms with E-state index in [2.05, 4.69) is 12.1 Å². The molecule has 0 saturated carbocycles. The van der Waals surface area contributed by atoms with Crippen LogP contribution in [0.3, 0.4) is 0 Å². The van der Waals surface area contributed by atoms with Crippen LogP contribution in [0.1, 0.15) is 5.56 Å². The molecule has 0 spiro atoms. The predicted molar refractivity (Wildman–Crippen MR) is 54.3 cm³/mol. The van der Waals surface area contributed by atoms with Crippen molar-refractivity contribution >= 4 is 23.0 Å². The van der Waals surface area contributed by atoms with E-state index < -0.39 is 0 Å². The lowest BCUT2D eigenvalue weighted by Gasteiger charge is -2.15. The number of nitrogens with two attached hydrogens (primary N) is 1. The number of hydrogen-bond donors (Lipinski definition) is 1. The summed E-state index contributed by atoms with van der Waals surface area (Å²) >= 11 is 4.94. The fourth-order valence-corrected chi connectivity index (χ4v) is 1.76. The Labute approximate surface area is 77.0 Å². The van der Waals surface area contributed by atoms with E-state index >= 15 is 0 Å². The van der Waals surface area contributed by atoms with Crippen molar-refractivity contribution in [1.29, 1.82) is 0 Å². The van der Waals surface area contributed by atoms with Gasteiger partial charge in [0.2, 0.25) is 0 Å². The van der Waals surface area contributed by atoms with E-state index in [-0.39, 0.29) is 0 Å². The number of rotatable bonds is 0. The summed E-state index contributed by atoms with van der Waals surface area (Å²) in [6, 6.07) is 8.23. The van der Waals surface area contributed by atoms with Crippen molar-refractivity contribution in [3.63, 3.8) is 0 Å². The van der Waals surface area contributed by atoms with Crippen LogP contribution in [0.4, 0.5) is 5.69 Å². The van der Waals surface area contributed by atoms with Gasteiger partial charge in [0.05, 0.1) is 0 Å². The first-order valence-corrected chi connectivity index (χ1v) is 4.35. The number of nitrogens with zero attached hydrogens (tertiary/aromatic N) is 1. The largest absolute Gasteiger partial charge is 0.376 e. The van der Waals surface area contributed by atoms with Crippen LogP contribution in [0, 0.1) is 0 Å². The molecular weight excluding hydrogens is 168 g/mol. The van der Waals surface area contributed by atoms with E-state index in [1.165, 1.54) is 11.3 Å². The lowest BCUT2D eigenvalue weighted by molar-refractivity contribution is 1.02. The summed E-state index contributed by atoms with van der Waals surface area (Å²) < 4.78 is 0. The number of anilines is 1. The first kappa shape index (κ1) is 7.55. The Balaban J connectivity index is 2.42. The first-order valence-electron chi connectivity index (χ1n) is 3.94. The fourth-order valence-electron chi connectivity index (χ4n) is 1.57. The summed E-state index contributed by atoms with van der Waals surface area (Å²) in [5, 5.41) is 0.472. The van der Waals surface area contributed by atoms with Gasteiger partial charge in [0.15, 0.2) is 5.11 Å². The smallest absolute Gasteiger partial charge is 0.170 e. The maximum atomic E-state index is 5.57. The molecule has 0 fully saturated rings. The quantitative estimate of drug-likeness (QED) is 0.607. The standard InChI is InChI=1S/C9H10N2S/c10-9(12)11-6-5-7-3-1-2-4-8(7)11/h1-4H,5-6H2,(H2,10,12). The molecule has 0 atom stereocenters. The molecule has 0 bridgehead atoms. The Morgan fingerprint density at radius 3 is 2.92 bits per heavy atom. The summed E-state index contributed by atoms with van der Waals surface area (Å²) in [6.07, 6.45) is 1.05. The zero-order chi connectivity index (χ0) is 8.55. The minimum absolute atomic E-state index is 0.472. The minimum Gasteiger partial charge on any atom is -0.376 e. The SMILES string of the molecule is NC(=S)N1CCc2ccccc21. The highest BCUT2D eigenvalue weighted by molar-refractivity contribution is 7.80. The molecule has 1 aliphatic rings. The maximum absolute atomic E-state index is 5.57. The summed E-state index contributed by atoms with van der Waals surface area (Å²) in [7, 11) is 0. The van der Waals surface area contributed by atoms with Crippen LogP contribution in [0.25, 0.3) is 0 Å². The monoisotopic (exact) mass is 178 g/mol. The van der Waals surface area contributed by atoms with Crippen LogP contribution < -0.4 is 10.6 Å². The molecule has 62 valence electrons. The zero-order valence-corrected chi connectivity index (χ0v) is 7.47. The third-order valence-electron chi connectivity index (χ3n) is 2.15. The highest BCUT2D eigenvalue weighted by Crippen LogP contribution is 2.26. The summed E-state index contributed by atoms with van der Waals surface area (Å²) in [5.74, 6) is 0. The van der Waals surface area contributed by atoms with Crippen LogP contribution in [0.15, 0.2) is 24.3 Å². The molecular formula is C9H10N2S. The van der Waals surface area contributed by atoms with Gasteiger partial charge in [0.25, 0.3) is 0 Å². The highest BCUT2D eigenvalue weighted by Gasteiger charge is 2.19. The van der Waals surface area contributed by atoms with Crippen molar-refractivity contribution in [3.05, 3.63) is 29.8 Å². The van der Waals surface area contributed by atoms with Gasteiger partial charge in [-0.25, -0.2) is 0 Å². The molecule has 1 aliphatic heterocycles. The van der Waals surface area contributed by atoms with Gasteiger partial charge in [-0.15, -0.1) is 0 Å². The van der Waals surface area contributed by atoms with Crippen LogP contribution in [0.5, 0.6) is 0 Å². The normalized spacial score (nSPS) is 14.5. The lowest BCUT2D eigenvalue weighted by atomic mass is 10.2. The Hall–Kier alpha value is -1.09. The number of benzene rings is 1. The van der Waals surface area contributed by atoms with Gasteiger partial charge in [0.1, 0.15) is 0 Å². The molecule has 2 N–H and O–H groups in total. The summed E-state index contributed by atoms with van der Waals surface area (Å²) in [6.45, 7) is 0.925. The third kappa shape index (κ3) is 1.06. The molecule has 0 radical (unpaired) electrons. The molecule has 2 rings (SSSR count). The van der Waals surface area contributed by atoms with Crippen LogP contribution in [-0.4, -0.2) is 11.7 Å². The molecule has 0 aliphatic carbocycles. The maximum Gasteiger partial charge on any atom is 0.170 e. The average molecular weight is 178 g/mol. The minimum atomic E-state index is 0.472. The third-order valence-corrected chi connectivity index (χ3v) is 2.37. The van der Waals surface area contributed by atoms with Crippen molar-refractivity contribution in [3.8, 4) is 0 Å². The first-order chi connectivity index (χ1) is 5.79. The summed E-state index contributed by atoms with van der Waals surface area (Å²) in [5.41, 5.74) is 8.08. The van der Waals surface area contributed by atoms with Crippen molar-refractivity contribution in [1.82, 2.24) is 0 Å².